The minimum Gasteiger partial charge on any atom is -0.347 e. The second-order valence-electron chi connectivity index (χ2n) is 4.82. The van der Waals surface area contributed by atoms with Gasteiger partial charge in [-0.3, -0.25) is 0 Å². The Balaban J connectivity index is 2.22. The highest BCUT2D eigenvalue weighted by Crippen LogP contribution is 2.12. The highest BCUT2D eigenvalue weighted by Gasteiger charge is 2.05. The van der Waals surface area contributed by atoms with Gasteiger partial charge < -0.3 is 4.98 Å². The van der Waals surface area contributed by atoms with E-state index >= 15 is 0 Å². The SMILES string of the molecule is Cc1nc(Cc2nc(=S)cc(CC(C)C)[nH]2)cs1. The van der Waals surface area contributed by atoms with Crippen LogP contribution in [0.5, 0.6) is 0 Å². The first kappa shape index (κ1) is 13.4. The molecular weight excluding hydrogens is 262 g/mol. The molecule has 3 nitrogen and oxygen atoms in total. The van der Waals surface area contributed by atoms with Crippen molar-refractivity contribution in [3.05, 3.63) is 38.3 Å². The Kier molecular flexibility index (Phi) is 4.24. The van der Waals surface area contributed by atoms with Crippen molar-refractivity contribution in [2.45, 2.75) is 33.6 Å². The molecule has 0 aliphatic heterocycles. The van der Waals surface area contributed by atoms with Gasteiger partial charge in [-0.1, -0.05) is 26.1 Å². The monoisotopic (exact) mass is 279 g/mol. The van der Waals surface area contributed by atoms with Crippen LogP contribution in [-0.2, 0) is 12.8 Å². The van der Waals surface area contributed by atoms with E-state index < -0.39 is 0 Å². The molecule has 0 bridgehead atoms. The molecule has 0 saturated carbocycles. The number of aromatic nitrogens is 3. The summed E-state index contributed by atoms with van der Waals surface area (Å²) in [6.45, 7) is 6.40. The molecule has 0 atom stereocenters. The van der Waals surface area contributed by atoms with Crippen LogP contribution in [0.4, 0.5) is 0 Å². The van der Waals surface area contributed by atoms with Crippen molar-refractivity contribution < 1.29 is 0 Å². The number of aryl methyl sites for hydroxylation is 1. The molecule has 2 aromatic rings. The molecule has 2 rings (SSSR count). The topological polar surface area (TPSA) is 41.6 Å². The fourth-order valence-corrected chi connectivity index (χ4v) is 2.72. The summed E-state index contributed by atoms with van der Waals surface area (Å²) in [4.78, 5) is 12.2. The zero-order valence-electron chi connectivity index (χ0n) is 10.9. The molecule has 0 aromatic carbocycles. The van der Waals surface area contributed by atoms with E-state index in [0.29, 0.717) is 10.6 Å². The van der Waals surface area contributed by atoms with E-state index in [1.54, 1.807) is 11.3 Å². The fraction of sp³-hybridized carbons (Fsp3) is 0.462. The van der Waals surface area contributed by atoms with Crippen molar-refractivity contribution in [3.8, 4) is 0 Å². The lowest BCUT2D eigenvalue weighted by Gasteiger charge is -2.07. The van der Waals surface area contributed by atoms with Crippen LogP contribution in [-0.4, -0.2) is 15.0 Å². The molecule has 0 radical (unpaired) electrons. The zero-order valence-corrected chi connectivity index (χ0v) is 12.5. The Morgan fingerprint density at radius 3 is 2.78 bits per heavy atom. The Bertz CT molecular complexity index is 584. The third kappa shape index (κ3) is 3.71. The average molecular weight is 279 g/mol. The van der Waals surface area contributed by atoms with Crippen molar-refractivity contribution in [1.29, 1.82) is 0 Å². The third-order valence-electron chi connectivity index (χ3n) is 2.49. The summed E-state index contributed by atoms with van der Waals surface area (Å²) >= 11 is 6.88. The van der Waals surface area contributed by atoms with Crippen molar-refractivity contribution in [1.82, 2.24) is 15.0 Å². The van der Waals surface area contributed by atoms with E-state index in [9.17, 15) is 0 Å². The Morgan fingerprint density at radius 2 is 2.17 bits per heavy atom. The molecule has 0 saturated heterocycles. The Hall–Kier alpha value is -1.07. The lowest BCUT2D eigenvalue weighted by molar-refractivity contribution is 0.630. The number of rotatable bonds is 4. The second-order valence-corrected chi connectivity index (χ2v) is 6.30. The average Bonchev–Trinajstić information content (AvgIpc) is 2.61. The summed E-state index contributed by atoms with van der Waals surface area (Å²) in [7, 11) is 0. The molecule has 96 valence electrons. The van der Waals surface area contributed by atoms with Gasteiger partial charge in [0.1, 0.15) is 10.5 Å². The zero-order chi connectivity index (χ0) is 13.1. The minimum absolute atomic E-state index is 0.604. The lowest BCUT2D eigenvalue weighted by Crippen LogP contribution is -2.04. The largest absolute Gasteiger partial charge is 0.347 e. The van der Waals surface area contributed by atoms with E-state index in [-0.39, 0.29) is 0 Å². The molecule has 0 spiro atoms. The predicted molar refractivity (Wildman–Crippen MR) is 77.6 cm³/mol. The van der Waals surface area contributed by atoms with E-state index in [0.717, 1.165) is 35.1 Å². The molecule has 0 aliphatic carbocycles. The fourth-order valence-electron chi connectivity index (χ4n) is 1.86. The molecule has 2 aromatic heterocycles. The lowest BCUT2D eigenvalue weighted by atomic mass is 10.1. The summed E-state index contributed by atoms with van der Waals surface area (Å²) in [6.07, 6.45) is 1.72. The maximum absolute atomic E-state index is 5.21. The number of hydrogen-bond acceptors (Lipinski definition) is 4. The first-order valence-electron chi connectivity index (χ1n) is 6.03. The molecule has 5 heteroatoms. The van der Waals surface area contributed by atoms with E-state index in [1.807, 2.05) is 13.0 Å². The molecule has 0 unspecified atom stereocenters. The van der Waals surface area contributed by atoms with Gasteiger partial charge in [-0.25, -0.2) is 9.97 Å². The quantitative estimate of drug-likeness (QED) is 0.868. The molecule has 2 heterocycles. The first-order valence-corrected chi connectivity index (χ1v) is 7.32. The van der Waals surface area contributed by atoms with Crippen molar-refractivity contribution in [3.63, 3.8) is 0 Å². The van der Waals surface area contributed by atoms with Gasteiger partial charge in [0.15, 0.2) is 0 Å². The molecule has 1 N–H and O–H groups in total. The van der Waals surface area contributed by atoms with Gasteiger partial charge in [0, 0.05) is 17.5 Å². The summed E-state index contributed by atoms with van der Waals surface area (Å²) in [5.74, 6) is 1.51. The maximum Gasteiger partial charge on any atom is 0.130 e. The van der Waals surface area contributed by atoms with Gasteiger partial charge in [0.25, 0.3) is 0 Å². The summed E-state index contributed by atoms with van der Waals surface area (Å²) < 4.78 is 0.659. The summed E-state index contributed by atoms with van der Waals surface area (Å²) in [5.41, 5.74) is 2.21. The number of nitrogens with one attached hydrogen (secondary N) is 1. The number of thiazole rings is 1. The van der Waals surface area contributed by atoms with Crippen LogP contribution in [0, 0.1) is 17.5 Å². The van der Waals surface area contributed by atoms with Crippen LogP contribution in [0.1, 0.15) is 36.1 Å². The molecule has 0 amide bonds. The molecular formula is C13H17N3S2. The van der Waals surface area contributed by atoms with Gasteiger partial charge in [-0.05, 0) is 25.3 Å². The van der Waals surface area contributed by atoms with Crippen LogP contribution in [0.15, 0.2) is 11.4 Å². The third-order valence-corrected chi connectivity index (χ3v) is 3.52. The summed E-state index contributed by atoms with van der Waals surface area (Å²) in [6, 6.07) is 1.95. The van der Waals surface area contributed by atoms with E-state index in [4.69, 9.17) is 12.2 Å². The highest BCUT2D eigenvalue weighted by atomic mass is 32.1. The van der Waals surface area contributed by atoms with Crippen molar-refractivity contribution >= 4 is 23.6 Å². The van der Waals surface area contributed by atoms with Crippen LogP contribution in [0.2, 0.25) is 0 Å². The van der Waals surface area contributed by atoms with Gasteiger partial charge in [-0.2, -0.15) is 0 Å². The van der Waals surface area contributed by atoms with Crippen LogP contribution in [0.25, 0.3) is 0 Å². The van der Waals surface area contributed by atoms with Crippen molar-refractivity contribution in [2.75, 3.05) is 0 Å². The van der Waals surface area contributed by atoms with Gasteiger partial charge in [0.2, 0.25) is 0 Å². The number of hydrogen-bond donors (Lipinski definition) is 1. The molecule has 0 aliphatic rings. The van der Waals surface area contributed by atoms with Crippen LogP contribution in [0.3, 0.4) is 0 Å². The molecule has 0 fully saturated rings. The Labute approximate surface area is 116 Å². The van der Waals surface area contributed by atoms with Gasteiger partial charge in [-0.15, -0.1) is 11.3 Å². The van der Waals surface area contributed by atoms with Gasteiger partial charge >= 0.3 is 0 Å². The predicted octanol–water partition coefficient (Wildman–Crippen LogP) is 3.69. The second kappa shape index (κ2) is 5.71. The van der Waals surface area contributed by atoms with Crippen LogP contribution < -0.4 is 0 Å². The smallest absolute Gasteiger partial charge is 0.130 e. The number of H-pyrrole nitrogens is 1. The maximum atomic E-state index is 5.21. The van der Waals surface area contributed by atoms with E-state index in [1.165, 1.54) is 0 Å². The van der Waals surface area contributed by atoms with Gasteiger partial charge in [0.05, 0.1) is 10.7 Å². The van der Waals surface area contributed by atoms with Crippen molar-refractivity contribution in [2.24, 2.45) is 5.92 Å². The molecule has 18 heavy (non-hydrogen) atoms. The minimum atomic E-state index is 0.604. The first-order chi connectivity index (χ1) is 8.52. The number of aromatic amines is 1. The summed E-state index contributed by atoms with van der Waals surface area (Å²) in [5, 5.41) is 3.16. The normalized spacial score (nSPS) is 11.1. The van der Waals surface area contributed by atoms with Crippen LogP contribution >= 0.6 is 23.6 Å². The number of nitrogens with zero attached hydrogens (tertiary/aromatic N) is 2. The highest BCUT2D eigenvalue weighted by molar-refractivity contribution is 7.71. The standard InChI is InChI=1S/C13H17N3S2/c1-8(2)4-10-6-13(17)16-12(15-10)5-11-7-18-9(3)14-11/h6-8H,4-5H2,1-3H3,(H,15,16,17). The van der Waals surface area contributed by atoms with E-state index in [2.05, 4.69) is 34.2 Å². The Morgan fingerprint density at radius 1 is 1.39 bits per heavy atom.